The van der Waals surface area contributed by atoms with Crippen LogP contribution < -0.4 is 5.32 Å². The van der Waals surface area contributed by atoms with Gasteiger partial charge in [0.1, 0.15) is 0 Å². The number of nitrogens with zero attached hydrogens (tertiary/aromatic N) is 4. The third-order valence-corrected chi connectivity index (χ3v) is 4.87. The largest absolute Gasteiger partial charge is 0.346 e. The second kappa shape index (κ2) is 5.14. The van der Waals surface area contributed by atoms with Crippen LogP contribution >= 0.6 is 27.3 Å². The summed E-state index contributed by atoms with van der Waals surface area (Å²) in [5.41, 5.74) is 1.87. The van der Waals surface area contributed by atoms with Gasteiger partial charge in [-0.15, -0.1) is 16.4 Å². The van der Waals surface area contributed by atoms with Crippen LogP contribution in [0.25, 0.3) is 5.65 Å². The standard InChI is InChI=1S/C13H14BrN5S/c1-7-11(20-9(3)15-7)8(2)16-13-17-12-10(14)5-4-6-19(12)18-13/h4-6,8H,1-3H3,(H,16,18). The third kappa shape index (κ3) is 2.43. The number of aryl methyl sites for hydroxylation is 2. The van der Waals surface area contributed by atoms with E-state index < -0.39 is 0 Å². The molecule has 3 rings (SSSR count). The molecule has 3 aromatic heterocycles. The number of anilines is 1. The molecular formula is C13H14BrN5S. The Morgan fingerprint density at radius 2 is 2.15 bits per heavy atom. The number of hydrogen-bond acceptors (Lipinski definition) is 5. The van der Waals surface area contributed by atoms with Crippen LogP contribution in [0.1, 0.15) is 28.5 Å². The zero-order chi connectivity index (χ0) is 14.3. The Bertz CT molecular complexity index is 763. The second-order valence-corrected chi connectivity index (χ2v) is 6.70. The van der Waals surface area contributed by atoms with Crippen LogP contribution in [0.4, 0.5) is 5.95 Å². The maximum atomic E-state index is 4.49. The zero-order valence-electron chi connectivity index (χ0n) is 11.4. The van der Waals surface area contributed by atoms with Gasteiger partial charge in [-0.1, -0.05) is 0 Å². The molecule has 0 spiro atoms. The number of fused-ring (bicyclic) bond motifs is 1. The van der Waals surface area contributed by atoms with Gasteiger partial charge >= 0.3 is 0 Å². The first-order valence-electron chi connectivity index (χ1n) is 6.26. The van der Waals surface area contributed by atoms with Crippen molar-refractivity contribution in [2.45, 2.75) is 26.8 Å². The van der Waals surface area contributed by atoms with Crippen LogP contribution in [0.3, 0.4) is 0 Å². The Morgan fingerprint density at radius 3 is 2.80 bits per heavy atom. The van der Waals surface area contributed by atoms with Gasteiger partial charge in [-0.3, -0.25) is 0 Å². The highest BCUT2D eigenvalue weighted by Gasteiger charge is 2.15. The van der Waals surface area contributed by atoms with Gasteiger partial charge in [0.2, 0.25) is 5.95 Å². The lowest BCUT2D eigenvalue weighted by Gasteiger charge is -2.10. The molecule has 3 aromatic rings. The van der Waals surface area contributed by atoms with Crippen LogP contribution in [0.15, 0.2) is 22.8 Å². The fourth-order valence-electron chi connectivity index (χ4n) is 2.14. The molecule has 0 saturated carbocycles. The Kier molecular flexibility index (Phi) is 3.47. The number of aromatic nitrogens is 4. The maximum Gasteiger partial charge on any atom is 0.243 e. The highest BCUT2D eigenvalue weighted by atomic mass is 79.9. The van der Waals surface area contributed by atoms with E-state index in [-0.39, 0.29) is 6.04 Å². The lowest BCUT2D eigenvalue weighted by molar-refractivity contribution is 0.857. The Hall–Kier alpha value is -1.47. The quantitative estimate of drug-likeness (QED) is 0.780. The Labute approximate surface area is 129 Å². The first kappa shape index (κ1) is 13.5. The van der Waals surface area contributed by atoms with Crippen molar-refractivity contribution in [2.75, 3.05) is 5.32 Å². The van der Waals surface area contributed by atoms with E-state index >= 15 is 0 Å². The van der Waals surface area contributed by atoms with Crippen molar-refractivity contribution in [3.63, 3.8) is 0 Å². The summed E-state index contributed by atoms with van der Waals surface area (Å²) in [7, 11) is 0. The van der Waals surface area contributed by atoms with E-state index in [2.05, 4.69) is 43.2 Å². The summed E-state index contributed by atoms with van der Waals surface area (Å²) in [5, 5.41) is 8.84. The fourth-order valence-corrected chi connectivity index (χ4v) is 3.50. The third-order valence-electron chi connectivity index (χ3n) is 2.99. The molecule has 1 N–H and O–H groups in total. The predicted molar refractivity (Wildman–Crippen MR) is 84.3 cm³/mol. The summed E-state index contributed by atoms with van der Waals surface area (Å²) in [6, 6.07) is 4.02. The fraction of sp³-hybridized carbons (Fsp3) is 0.308. The van der Waals surface area contributed by atoms with Crippen molar-refractivity contribution in [3.8, 4) is 0 Å². The van der Waals surface area contributed by atoms with Crippen molar-refractivity contribution in [2.24, 2.45) is 0 Å². The number of pyridine rings is 1. The predicted octanol–water partition coefficient (Wildman–Crippen LogP) is 3.74. The van der Waals surface area contributed by atoms with E-state index in [4.69, 9.17) is 0 Å². The van der Waals surface area contributed by atoms with E-state index in [1.165, 1.54) is 4.88 Å². The summed E-state index contributed by atoms with van der Waals surface area (Å²) in [4.78, 5) is 10.2. The molecule has 0 amide bonds. The minimum atomic E-state index is 0.136. The minimum Gasteiger partial charge on any atom is -0.346 e. The molecule has 0 saturated heterocycles. The molecule has 1 unspecified atom stereocenters. The van der Waals surface area contributed by atoms with Gasteiger partial charge in [0.25, 0.3) is 0 Å². The highest BCUT2D eigenvalue weighted by molar-refractivity contribution is 9.10. The second-order valence-electron chi connectivity index (χ2n) is 4.61. The number of hydrogen-bond donors (Lipinski definition) is 1. The summed E-state index contributed by atoms with van der Waals surface area (Å²) in [5.74, 6) is 0.620. The monoisotopic (exact) mass is 351 g/mol. The molecule has 0 aliphatic carbocycles. The van der Waals surface area contributed by atoms with Crippen LogP contribution in [0.2, 0.25) is 0 Å². The maximum absolute atomic E-state index is 4.49. The van der Waals surface area contributed by atoms with Crippen LogP contribution in [0.5, 0.6) is 0 Å². The van der Waals surface area contributed by atoms with Crippen molar-refractivity contribution in [3.05, 3.63) is 38.4 Å². The first-order valence-corrected chi connectivity index (χ1v) is 7.87. The van der Waals surface area contributed by atoms with Crippen molar-refractivity contribution >= 4 is 38.9 Å². The van der Waals surface area contributed by atoms with Gasteiger partial charge in [-0.25, -0.2) is 9.50 Å². The molecule has 0 bridgehead atoms. The smallest absolute Gasteiger partial charge is 0.243 e. The van der Waals surface area contributed by atoms with Crippen molar-refractivity contribution in [1.82, 2.24) is 19.6 Å². The van der Waals surface area contributed by atoms with Gasteiger partial charge in [-0.2, -0.15) is 4.98 Å². The van der Waals surface area contributed by atoms with Gasteiger partial charge in [-0.05, 0) is 48.8 Å². The SMILES string of the molecule is Cc1nc(C)c(C(C)Nc2nc3c(Br)cccn3n2)s1. The summed E-state index contributed by atoms with van der Waals surface area (Å²) in [6.07, 6.45) is 1.88. The number of halogens is 1. The molecule has 0 aromatic carbocycles. The van der Waals surface area contributed by atoms with E-state index in [1.807, 2.05) is 32.2 Å². The Balaban J connectivity index is 1.89. The van der Waals surface area contributed by atoms with Crippen molar-refractivity contribution in [1.29, 1.82) is 0 Å². The van der Waals surface area contributed by atoms with E-state index in [1.54, 1.807) is 15.9 Å². The summed E-state index contributed by atoms with van der Waals surface area (Å²) >= 11 is 5.18. The molecule has 5 nitrogen and oxygen atoms in total. The zero-order valence-corrected chi connectivity index (χ0v) is 13.8. The van der Waals surface area contributed by atoms with Gasteiger partial charge in [0.05, 0.1) is 21.2 Å². The average molecular weight is 352 g/mol. The molecule has 20 heavy (non-hydrogen) atoms. The van der Waals surface area contributed by atoms with Crippen LogP contribution in [-0.2, 0) is 0 Å². The molecular weight excluding hydrogens is 338 g/mol. The molecule has 0 aliphatic heterocycles. The lowest BCUT2D eigenvalue weighted by atomic mass is 10.2. The van der Waals surface area contributed by atoms with Gasteiger partial charge in [0.15, 0.2) is 5.65 Å². The molecule has 0 fully saturated rings. The average Bonchev–Trinajstić information content (AvgIpc) is 2.93. The molecule has 104 valence electrons. The summed E-state index contributed by atoms with van der Waals surface area (Å²) in [6.45, 7) is 6.15. The van der Waals surface area contributed by atoms with E-state index in [0.717, 1.165) is 20.8 Å². The van der Waals surface area contributed by atoms with Crippen LogP contribution in [-0.4, -0.2) is 19.6 Å². The lowest BCUT2D eigenvalue weighted by Crippen LogP contribution is -2.07. The first-order chi connectivity index (χ1) is 9.54. The topological polar surface area (TPSA) is 55.1 Å². The molecule has 1 atom stereocenters. The van der Waals surface area contributed by atoms with Gasteiger partial charge in [0, 0.05) is 11.1 Å². The summed E-state index contributed by atoms with van der Waals surface area (Å²) < 4.78 is 2.68. The normalized spacial score (nSPS) is 12.8. The van der Waals surface area contributed by atoms with Crippen molar-refractivity contribution < 1.29 is 0 Å². The van der Waals surface area contributed by atoms with Gasteiger partial charge < -0.3 is 5.32 Å². The molecule has 0 radical (unpaired) electrons. The minimum absolute atomic E-state index is 0.136. The van der Waals surface area contributed by atoms with Crippen LogP contribution in [0, 0.1) is 13.8 Å². The number of nitrogens with one attached hydrogen (secondary N) is 1. The highest BCUT2D eigenvalue weighted by Crippen LogP contribution is 2.27. The molecule has 0 aliphatic rings. The molecule has 3 heterocycles. The Morgan fingerprint density at radius 1 is 1.35 bits per heavy atom. The number of rotatable bonds is 3. The molecule has 7 heteroatoms. The number of thiazole rings is 1. The van der Waals surface area contributed by atoms with E-state index in [0.29, 0.717) is 5.95 Å². The van der Waals surface area contributed by atoms with E-state index in [9.17, 15) is 0 Å².